The predicted octanol–water partition coefficient (Wildman–Crippen LogP) is 3.36. The first-order valence-corrected chi connectivity index (χ1v) is 6.33. The van der Waals surface area contributed by atoms with Crippen molar-refractivity contribution >= 4 is 11.6 Å². The molecule has 1 aromatic rings. The highest BCUT2D eigenvalue weighted by Crippen LogP contribution is 2.24. The van der Waals surface area contributed by atoms with Crippen molar-refractivity contribution in [3.63, 3.8) is 0 Å². The molecule has 4 heteroatoms. The zero-order chi connectivity index (χ0) is 12.3. The Balaban J connectivity index is 2.01. The van der Waals surface area contributed by atoms with Gasteiger partial charge in [-0.25, -0.2) is 8.78 Å². The molecular weight excluding hydrogens is 244 g/mol. The standard InChI is InChI=1S/C13H16ClF2N/c14-11-1-2-12(15)10(7-11)8-13(16)9-3-5-17-6-4-9/h1-2,7,9,13,17H,3-6,8H2. The molecule has 0 aliphatic carbocycles. The lowest BCUT2D eigenvalue weighted by molar-refractivity contribution is 0.186. The predicted molar refractivity (Wildman–Crippen MR) is 65.6 cm³/mol. The van der Waals surface area contributed by atoms with Crippen LogP contribution in [0.2, 0.25) is 5.02 Å². The van der Waals surface area contributed by atoms with E-state index in [4.69, 9.17) is 11.6 Å². The van der Waals surface area contributed by atoms with Crippen LogP contribution in [0.25, 0.3) is 0 Å². The molecule has 1 aliphatic rings. The van der Waals surface area contributed by atoms with E-state index in [0.717, 1.165) is 25.9 Å². The van der Waals surface area contributed by atoms with Gasteiger partial charge < -0.3 is 5.32 Å². The molecule has 0 spiro atoms. The summed E-state index contributed by atoms with van der Waals surface area (Å²) in [5.74, 6) is -0.333. The van der Waals surface area contributed by atoms with Crippen molar-refractivity contribution in [2.24, 2.45) is 5.92 Å². The van der Waals surface area contributed by atoms with Crippen LogP contribution < -0.4 is 5.32 Å². The molecule has 2 rings (SSSR count). The first-order valence-electron chi connectivity index (χ1n) is 5.95. The number of hydrogen-bond donors (Lipinski definition) is 1. The van der Waals surface area contributed by atoms with Gasteiger partial charge in [0.2, 0.25) is 0 Å². The molecule has 0 bridgehead atoms. The van der Waals surface area contributed by atoms with Crippen molar-refractivity contribution in [2.75, 3.05) is 13.1 Å². The van der Waals surface area contributed by atoms with Crippen molar-refractivity contribution in [3.8, 4) is 0 Å². The van der Waals surface area contributed by atoms with Crippen molar-refractivity contribution < 1.29 is 8.78 Å². The highest BCUT2D eigenvalue weighted by atomic mass is 35.5. The van der Waals surface area contributed by atoms with E-state index in [2.05, 4.69) is 5.32 Å². The average molecular weight is 260 g/mol. The summed E-state index contributed by atoms with van der Waals surface area (Å²) in [7, 11) is 0. The van der Waals surface area contributed by atoms with E-state index in [1.165, 1.54) is 18.2 Å². The Morgan fingerprint density at radius 1 is 1.35 bits per heavy atom. The van der Waals surface area contributed by atoms with Crippen LogP contribution in [0.3, 0.4) is 0 Å². The van der Waals surface area contributed by atoms with Gasteiger partial charge in [0, 0.05) is 11.4 Å². The van der Waals surface area contributed by atoms with Gasteiger partial charge in [-0.05, 0) is 55.6 Å². The number of nitrogens with one attached hydrogen (secondary N) is 1. The Labute approximate surface area is 105 Å². The van der Waals surface area contributed by atoms with Crippen LogP contribution in [0.4, 0.5) is 8.78 Å². The van der Waals surface area contributed by atoms with Crippen LogP contribution in [0.5, 0.6) is 0 Å². The number of halogens is 3. The molecule has 1 N–H and O–H groups in total. The quantitative estimate of drug-likeness (QED) is 0.878. The van der Waals surface area contributed by atoms with Crippen LogP contribution in [0.1, 0.15) is 18.4 Å². The van der Waals surface area contributed by atoms with E-state index in [-0.39, 0.29) is 18.2 Å². The fraction of sp³-hybridized carbons (Fsp3) is 0.538. The summed E-state index contributed by atoms with van der Waals surface area (Å²) in [6, 6.07) is 4.30. The van der Waals surface area contributed by atoms with E-state index in [0.29, 0.717) is 10.6 Å². The van der Waals surface area contributed by atoms with Gasteiger partial charge in [-0.2, -0.15) is 0 Å². The number of benzene rings is 1. The van der Waals surface area contributed by atoms with Gasteiger partial charge in [-0.1, -0.05) is 11.6 Å². The molecule has 94 valence electrons. The highest BCUT2D eigenvalue weighted by Gasteiger charge is 2.24. The third-order valence-corrected chi connectivity index (χ3v) is 3.55. The topological polar surface area (TPSA) is 12.0 Å². The SMILES string of the molecule is Fc1ccc(Cl)cc1CC(F)C1CCNCC1. The lowest BCUT2D eigenvalue weighted by atomic mass is 9.89. The minimum Gasteiger partial charge on any atom is -0.317 e. The second-order valence-electron chi connectivity index (χ2n) is 4.54. The minimum atomic E-state index is -0.981. The molecule has 1 heterocycles. The highest BCUT2D eigenvalue weighted by molar-refractivity contribution is 6.30. The van der Waals surface area contributed by atoms with Gasteiger partial charge in [-0.3, -0.25) is 0 Å². The zero-order valence-electron chi connectivity index (χ0n) is 9.56. The van der Waals surface area contributed by atoms with Crippen LogP contribution in [-0.4, -0.2) is 19.3 Å². The fourth-order valence-corrected chi connectivity index (χ4v) is 2.48. The average Bonchev–Trinajstić information content (AvgIpc) is 2.35. The Bertz CT molecular complexity index is 378. The third kappa shape index (κ3) is 3.39. The van der Waals surface area contributed by atoms with Crippen LogP contribution in [0, 0.1) is 11.7 Å². The van der Waals surface area contributed by atoms with Gasteiger partial charge >= 0.3 is 0 Å². The molecule has 1 fully saturated rings. The molecule has 0 radical (unpaired) electrons. The van der Waals surface area contributed by atoms with Crippen molar-refractivity contribution in [2.45, 2.75) is 25.4 Å². The maximum Gasteiger partial charge on any atom is 0.126 e. The van der Waals surface area contributed by atoms with Crippen molar-refractivity contribution in [1.29, 1.82) is 0 Å². The first kappa shape index (κ1) is 12.8. The second-order valence-corrected chi connectivity index (χ2v) is 4.98. The Morgan fingerprint density at radius 3 is 2.76 bits per heavy atom. The van der Waals surface area contributed by atoms with E-state index in [1.807, 2.05) is 0 Å². The van der Waals surface area contributed by atoms with Gasteiger partial charge in [0.1, 0.15) is 12.0 Å². The van der Waals surface area contributed by atoms with Gasteiger partial charge in [-0.15, -0.1) is 0 Å². The summed E-state index contributed by atoms with van der Waals surface area (Å²) in [4.78, 5) is 0. The molecule has 1 saturated heterocycles. The zero-order valence-corrected chi connectivity index (χ0v) is 10.3. The smallest absolute Gasteiger partial charge is 0.126 e. The molecule has 17 heavy (non-hydrogen) atoms. The first-order chi connectivity index (χ1) is 8.16. The number of rotatable bonds is 3. The van der Waals surface area contributed by atoms with E-state index in [9.17, 15) is 8.78 Å². The maximum atomic E-state index is 14.0. The Morgan fingerprint density at radius 2 is 2.06 bits per heavy atom. The molecule has 1 unspecified atom stereocenters. The molecule has 0 saturated carbocycles. The third-order valence-electron chi connectivity index (χ3n) is 3.32. The summed E-state index contributed by atoms with van der Waals surface area (Å²) < 4.78 is 27.5. The number of hydrogen-bond acceptors (Lipinski definition) is 1. The fourth-order valence-electron chi connectivity index (χ4n) is 2.28. The molecule has 1 aliphatic heterocycles. The lowest BCUT2D eigenvalue weighted by Crippen LogP contribution is -2.33. The molecule has 1 nitrogen and oxygen atoms in total. The molecule has 1 atom stereocenters. The monoisotopic (exact) mass is 259 g/mol. The summed E-state index contributed by atoms with van der Waals surface area (Å²) in [5.41, 5.74) is 0.378. The Hall–Kier alpha value is -0.670. The summed E-state index contributed by atoms with van der Waals surface area (Å²) >= 11 is 5.79. The van der Waals surface area contributed by atoms with Crippen molar-refractivity contribution in [1.82, 2.24) is 5.32 Å². The van der Waals surface area contributed by atoms with E-state index < -0.39 is 6.17 Å². The Kier molecular flexibility index (Phi) is 4.35. The number of alkyl halides is 1. The van der Waals surface area contributed by atoms with Crippen LogP contribution in [-0.2, 0) is 6.42 Å². The molecule has 0 aromatic heterocycles. The van der Waals surface area contributed by atoms with E-state index >= 15 is 0 Å². The molecular formula is C13H16ClF2N. The molecule has 1 aromatic carbocycles. The summed E-state index contributed by atoms with van der Waals surface area (Å²) in [6.45, 7) is 1.70. The maximum absolute atomic E-state index is 14.0. The summed E-state index contributed by atoms with van der Waals surface area (Å²) in [5, 5.41) is 3.65. The normalized spacial score (nSPS) is 19.2. The number of piperidine rings is 1. The summed E-state index contributed by atoms with van der Waals surface area (Å²) in [6.07, 6.45) is 0.786. The minimum absolute atomic E-state index is 0.0367. The lowest BCUT2D eigenvalue weighted by Gasteiger charge is -2.25. The largest absolute Gasteiger partial charge is 0.317 e. The van der Waals surface area contributed by atoms with Crippen molar-refractivity contribution in [3.05, 3.63) is 34.6 Å². The van der Waals surface area contributed by atoms with Crippen LogP contribution in [0.15, 0.2) is 18.2 Å². The van der Waals surface area contributed by atoms with E-state index in [1.54, 1.807) is 0 Å². The van der Waals surface area contributed by atoms with Crippen LogP contribution >= 0.6 is 11.6 Å². The second kappa shape index (κ2) is 5.78. The van der Waals surface area contributed by atoms with Gasteiger partial charge in [0.05, 0.1) is 0 Å². The van der Waals surface area contributed by atoms with Gasteiger partial charge in [0.15, 0.2) is 0 Å². The molecule has 0 amide bonds. The van der Waals surface area contributed by atoms with Gasteiger partial charge in [0.25, 0.3) is 0 Å².